The van der Waals surface area contributed by atoms with Crippen LogP contribution in [0.3, 0.4) is 0 Å². The van der Waals surface area contributed by atoms with E-state index in [-0.39, 0.29) is 18.9 Å². The zero-order chi connectivity index (χ0) is 14.2. The number of rotatable bonds is 2. The molecule has 1 atom stereocenters. The molecule has 1 aromatic heterocycles. The van der Waals surface area contributed by atoms with Gasteiger partial charge in [-0.25, -0.2) is 0 Å². The number of nitriles is 1. The van der Waals surface area contributed by atoms with Crippen molar-refractivity contribution in [3.8, 4) is 6.07 Å². The lowest BCUT2D eigenvalue weighted by Crippen LogP contribution is -2.27. The van der Waals surface area contributed by atoms with Gasteiger partial charge in [0.1, 0.15) is 11.9 Å². The molecule has 1 aliphatic rings. The smallest absolute Gasteiger partial charge is 0.311 e. The lowest BCUT2D eigenvalue weighted by atomic mass is 10.1. The van der Waals surface area contributed by atoms with Crippen LogP contribution in [-0.2, 0) is 14.3 Å². The molecular weight excluding hydrogens is 246 g/mol. The zero-order valence-electron chi connectivity index (χ0n) is 11.1. The fourth-order valence-electron chi connectivity index (χ4n) is 2.29. The van der Waals surface area contributed by atoms with Crippen LogP contribution in [0.2, 0.25) is 0 Å². The zero-order valence-corrected chi connectivity index (χ0v) is 11.1. The van der Waals surface area contributed by atoms with E-state index >= 15 is 0 Å². The van der Waals surface area contributed by atoms with Crippen LogP contribution in [0.25, 0.3) is 0 Å². The number of hydrogen-bond acceptors (Lipinski definition) is 4. The largest absolute Gasteiger partial charge is 0.469 e. The standard InChI is InChI=1S/C13H15N3O3/c1-7-8(2)15-12(10(7)5-14)16-6-9(4-11(16)17)13(18)19-3/h9,15H,4,6H2,1-3H3. The number of anilines is 1. The van der Waals surface area contributed by atoms with Crippen molar-refractivity contribution in [1.29, 1.82) is 5.26 Å². The van der Waals surface area contributed by atoms with Gasteiger partial charge < -0.3 is 9.72 Å². The Bertz CT molecular complexity index is 583. The van der Waals surface area contributed by atoms with E-state index in [4.69, 9.17) is 0 Å². The van der Waals surface area contributed by atoms with Crippen LogP contribution < -0.4 is 4.90 Å². The summed E-state index contributed by atoms with van der Waals surface area (Å²) >= 11 is 0. The maximum Gasteiger partial charge on any atom is 0.311 e. The maximum absolute atomic E-state index is 12.0. The number of esters is 1. The number of H-pyrrole nitrogens is 1. The van der Waals surface area contributed by atoms with Crippen LogP contribution in [-0.4, -0.2) is 30.5 Å². The van der Waals surface area contributed by atoms with Crippen molar-refractivity contribution in [2.24, 2.45) is 5.92 Å². The molecule has 0 radical (unpaired) electrons. The first-order valence-corrected chi connectivity index (χ1v) is 5.97. The van der Waals surface area contributed by atoms with E-state index in [9.17, 15) is 14.9 Å². The second kappa shape index (κ2) is 4.76. The first kappa shape index (κ1) is 13.1. The van der Waals surface area contributed by atoms with Gasteiger partial charge in [-0.2, -0.15) is 5.26 Å². The number of ether oxygens (including phenoxy) is 1. The van der Waals surface area contributed by atoms with E-state index in [1.807, 2.05) is 13.8 Å². The number of hydrogen-bond donors (Lipinski definition) is 1. The Kier molecular flexibility index (Phi) is 3.30. The van der Waals surface area contributed by atoms with Gasteiger partial charge in [-0.3, -0.25) is 14.5 Å². The van der Waals surface area contributed by atoms with E-state index in [0.29, 0.717) is 11.4 Å². The van der Waals surface area contributed by atoms with Gasteiger partial charge in [-0.15, -0.1) is 0 Å². The normalized spacial score (nSPS) is 18.5. The molecule has 0 aromatic carbocycles. The van der Waals surface area contributed by atoms with Crippen LogP contribution >= 0.6 is 0 Å². The first-order chi connectivity index (χ1) is 8.99. The minimum Gasteiger partial charge on any atom is -0.469 e. The molecule has 2 rings (SSSR count). The number of aromatic amines is 1. The van der Waals surface area contributed by atoms with E-state index < -0.39 is 11.9 Å². The minimum atomic E-state index is -0.465. The molecule has 0 saturated carbocycles. The molecule has 100 valence electrons. The molecule has 0 bridgehead atoms. The molecule has 1 N–H and O–H groups in total. The molecule has 1 amide bonds. The number of nitrogens with one attached hydrogen (secondary N) is 1. The summed E-state index contributed by atoms with van der Waals surface area (Å²) in [5.74, 6) is -0.552. The quantitative estimate of drug-likeness (QED) is 0.805. The third-order valence-corrected chi connectivity index (χ3v) is 3.52. The fourth-order valence-corrected chi connectivity index (χ4v) is 2.29. The van der Waals surface area contributed by atoms with Gasteiger partial charge >= 0.3 is 5.97 Å². The molecule has 1 aliphatic heterocycles. The lowest BCUT2D eigenvalue weighted by Gasteiger charge is -2.14. The van der Waals surface area contributed by atoms with Gasteiger partial charge in [0.05, 0.1) is 18.6 Å². The highest BCUT2D eigenvalue weighted by molar-refractivity contribution is 5.99. The summed E-state index contributed by atoms with van der Waals surface area (Å²) < 4.78 is 4.66. The molecule has 0 aliphatic carbocycles. The van der Waals surface area contributed by atoms with Gasteiger partial charge in [0, 0.05) is 18.7 Å². The van der Waals surface area contributed by atoms with Crippen molar-refractivity contribution in [3.63, 3.8) is 0 Å². The number of carbonyl (C=O) groups is 2. The third kappa shape index (κ3) is 2.08. The number of methoxy groups -OCH3 is 1. The van der Waals surface area contributed by atoms with E-state index in [1.165, 1.54) is 12.0 Å². The number of amides is 1. The summed E-state index contributed by atoms with van der Waals surface area (Å²) in [7, 11) is 1.30. The summed E-state index contributed by atoms with van der Waals surface area (Å²) in [6.45, 7) is 3.92. The van der Waals surface area contributed by atoms with Crippen LogP contribution in [0.4, 0.5) is 5.82 Å². The molecule has 19 heavy (non-hydrogen) atoms. The molecule has 2 heterocycles. The Morgan fingerprint density at radius 3 is 2.79 bits per heavy atom. The highest BCUT2D eigenvalue weighted by atomic mass is 16.5. The average molecular weight is 261 g/mol. The van der Waals surface area contributed by atoms with Crippen molar-refractivity contribution < 1.29 is 14.3 Å². The Morgan fingerprint density at radius 2 is 2.21 bits per heavy atom. The predicted octanol–water partition coefficient (Wildman–Crippen LogP) is 1.03. The molecule has 6 nitrogen and oxygen atoms in total. The molecule has 1 aromatic rings. The molecule has 1 unspecified atom stereocenters. The third-order valence-electron chi connectivity index (χ3n) is 3.52. The minimum absolute atomic E-state index is 0.120. The maximum atomic E-state index is 12.0. The fraction of sp³-hybridized carbons (Fsp3) is 0.462. The van der Waals surface area contributed by atoms with E-state index in [2.05, 4.69) is 15.8 Å². The van der Waals surface area contributed by atoms with Crippen molar-refractivity contribution >= 4 is 17.7 Å². The van der Waals surface area contributed by atoms with Gasteiger partial charge in [0.25, 0.3) is 0 Å². The summed E-state index contributed by atoms with van der Waals surface area (Å²) in [5, 5.41) is 9.18. The van der Waals surface area contributed by atoms with Gasteiger partial charge in [-0.05, 0) is 19.4 Å². The SMILES string of the molecule is COC(=O)C1CC(=O)N(c2[nH]c(C)c(C)c2C#N)C1. The van der Waals surface area contributed by atoms with E-state index in [1.54, 1.807) is 0 Å². The lowest BCUT2D eigenvalue weighted by molar-refractivity contribution is -0.145. The van der Waals surface area contributed by atoms with Crippen LogP contribution in [0, 0.1) is 31.1 Å². The summed E-state index contributed by atoms with van der Waals surface area (Å²) in [6, 6.07) is 2.10. The second-order valence-electron chi connectivity index (χ2n) is 4.64. The molecule has 1 saturated heterocycles. The van der Waals surface area contributed by atoms with Gasteiger partial charge in [0.2, 0.25) is 5.91 Å². The number of carbonyl (C=O) groups excluding carboxylic acids is 2. The molecule has 1 fully saturated rings. The Balaban J connectivity index is 2.34. The first-order valence-electron chi connectivity index (χ1n) is 5.97. The Labute approximate surface area is 111 Å². The highest BCUT2D eigenvalue weighted by Crippen LogP contribution is 2.30. The Hall–Kier alpha value is -2.29. The average Bonchev–Trinajstić information content (AvgIpc) is 2.90. The van der Waals surface area contributed by atoms with Crippen molar-refractivity contribution in [2.75, 3.05) is 18.6 Å². The summed E-state index contributed by atoms with van der Waals surface area (Å²) in [5.41, 5.74) is 2.13. The van der Waals surface area contributed by atoms with Gasteiger partial charge in [-0.1, -0.05) is 0 Å². The van der Waals surface area contributed by atoms with Crippen molar-refractivity contribution in [1.82, 2.24) is 4.98 Å². The van der Waals surface area contributed by atoms with Gasteiger partial charge in [0.15, 0.2) is 0 Å². The van der Waals surface area contributed by atoms with Crippen LogP contribution in [0.5, 0.6) is 0 Å². The molecule has 0 spiro atoms. The van der Waals surface area contributed by atoms with Crippen molar-refractivity contribution in [2.45, 2.75) is 20.3 Å². The van der Waals surface area contributed by atoms with Crippen LogP contribution in [0.15, 0.2) is 0 Å². The second-order valence-corrected chi connectivity index (χ2v) is 4.64. The van der Waals surface area contributed by atoms with Crippen LogP contribution in [0.1, 0.15) is 23.2 Å². The van der Waals surface area contributed by atoms with Crippen molar-refractivity contribution in [3.05, 3.63) is 16.8 Å². The predicted molar refractivity (Wildman–Crippen MR) is 67.5 cm³/mol. The summed E-state index contributed by atoms with van der Waals surface area (Å²) in [4.78, 5) is 28.0. The number of aromatic nitrogens is 1. The topological polar surface area (TPSA) is 86.2 Å². The Morgan fingerprint density at radius 1 is 1.53 bits per heavy atom. The monoisotopic (exact) mass is 261 g/mol. The van der Waals surface area contributed by atoms with E-state index in [0.717, 1.165) is 11.3 Å². The number of aryl methyl sites for hydroxylation is 1. The molecular formula is C13H15N3O3. The molecule has 6 heteroatoms. The number of nitrogens with zero attached hydrogens (tertiary/aromatic N) is 2. The summed E-state index contributed by atoms with van der Waals surface area (Å²) in [6.07, 6.45) is 0.120. The highest BCUT2D eigenvalue weighted by Gasteiger charge is 2.37.